The van der Waals surface area contributed by atoms with Gasteiger partial charge in [-0.1, -0.05) is 6.58 Å². The van der Waals surface area contributed by atoms with Crippen LogP contribution in [0.3, 0.4) is 0 Å². The molecule has 0 saturated carbocycles. The van der Waals surface area contributed by atoms with Crippen LogP contribution in [0.15, 0.2) is 12.3 Å². The van der Waals surface area contributed by atoms with Crippen LogP contribution in [0.2, 0.25) is 0 Å². The van der Waals surface area contributed by atoms with Gasteiger partial charge in [-0.25, -0.2) is 0 Å². The second kappa shape index (κ2) is 3.40. The van der Waals surface area contributed by atoms with E-state index in [-0.39, 0.29) is 17.5 Å². The maximum absolute atomic E-state index is 11.6. The summed E-state index contributed by atoms with van der Waals surface area (Å²) in [5, 5.41) is 6.01. The largest absolute Gasteiger partial charge is 0.378 e. The lowest BCUT2D eigenvalue weighted by molar-refractivity contribution is -0.124. The highest BCUT2D eigenvalue weighted by atomic mass is 16.2. The fraction of sp³-hybridized carbons (Fsp3) is 0.700. The molecule has 1 heterocycles. The second-order valence-electron chi connectivity index (χ2n) is 4.58. The smallest absolute Gasteiger partial charge is 0.242 e. The Balaban J connectivity index is 2.45. The van der Waals surface area contributed by atoms with Crippen LogP contribution < -0.4 is 10.6 Å². The molecule has 1 aliphatic rings. The van der Waals surface area contributed by atoms with Crippen LogP contribution in [0.5, 0.6) is 0 Å². The number of allylic oxidation sites excluding steroid dienone is 1. The number of rotatable bonds is 1. The molecule has 1 aliphatic heterocycles. The van der Waals surface area contributed by atoms with Gasteiger partial charge in [0.15, 0.2) is 0 Å². The van der Waals surface area contributed by atoms with E-state index in [9.17, 15) is 4.79 Å². The zero-order valence-corrected chi connectivity index (χ0v) is 8.61. The Morgan fingerprint density at radius 1 is 1.62 bits per heavy atom. The van der Waals surface area contributed by atoms with E-state index in [1.165, 1.54) is 0 Å². The summed E-state index contributed by atoms with van der Waals surface area (Å²) in [6, 6.07) is -0.0771. The van der Waals surface area contributed by atoms with Crippen molar-refractivity contribution in [3.8, 4) is 0 Å². The molecule has 1 saturated heterocycles. The summed E-state index contributed by atoms with van der Waals surface area (Å²) in [6.07, 6.45) is 1.77. The van der Waals surface area contributed by atoms with Crippen molar-refractivity contribution in [1.82, 2.24) is 10.6 Å². The maximum Gasteiger partial charge on any atom is 0.242 e. The van der Waals surface area contributed by atoms with Crippen LogP contribution in [0.1, 0.15) is 33.6 Å². The van der Waals surface area contributed by atoms with Crippen molar-refractivity contribution < 1.29 is 4.79 Å². The third-order valence-corrected chi connectivity index (χ3v) is 1.93. The van der Waals surface area contributed by atoms with Gasteiger partial charge in [0.25, 0.3) is 0 Å². The number of carbonyl (C=O) groups excluding carboxylic acids is 1. The monoisotopic (exact) mass is 182 g/mol. The van der Waals surface area contributed by atoms with Crippen molar-refractivity contribution in [3.63, 3.8) is 0 Å². The lowest BCUT2D eigenvalue weighted by atomic mass is 10.1. The zero-order chi connectivity index (χ0) is 10.1. The van der Waals surface area contributed by atoms with E-state index in [1.807, 2.05) is 20.8 Å². The van der Waals surface area contributed by atoms with Gasteiger partial charge in [-0.3, -0.25) is 4.79 Å². The van der Waals surface area contributed by atoms with Gasteiger partial charge < -0.3 is 10.6 Å². The summed E-state index contributed by atoms with van der Waals surface area (Å²) in [7, 11) is 0. The Morgan fingerprint density at radius 3 is 2.62 bits per heavy atom. The lowest BCUT2D eigenvalue weighted by Crippen LogP contribution is -2.48. The molecule has 0 aromatic rings. The highest BCUT2D eigenvalue weighted by Gasteiger charge is 2.26. The van der Waals surface area contributed by atoms with E-state index in [0.29, 0.717) is 0 Å². The fourth-order valence-electron chi connectivity index (χ4n) is 1.36. The summed E-state index contributed by atoms with van der Waals surface area (Å²) >= 11 is 0. The van der Waals surface area contributed by atoms with Gasteiger partial charge in [-0.15, -0.1) is 0 Å². The summed E-state index contributed by atoms with van der Waals surface area (Å²) in [4.78, 5) is 11.6. The van der Waals surface area contributed by atoms with Gasteiger partial charge in [0.05, 0.1) is 0 Å². The van der Waals surface area contributed by atoms with Gasteiger partial charge in [0.2, 0.25) is 5.91 Å². The Bertz CT molecular complexity index is 228. The van der Waals surface area contributed by atoms with Gasteiger partial charge in [-0.2, -0.15) is 0 Å². The number of carbonyl (C=O) groups is 1. The van der Waals surface area contributed by atoms with E-state index in [1.54, 1.807) is 0 Å². The van der Waals surface area contributed by atoms with Crippen molar-refractivity contribution in [2.24, 2.45) is 0 Å². The predicted octanol–water partition coefficient (Wildman–Crippen LogP) is 1.17. The Kier molecular flexibility index (Phi) is 2.64. The predicted molar refractivity (Wildman–Crippen MR) is 53.2 cm³/mol. The first-order chi connectivity index (χ1) is 5.88. The molecule has 0 radical (unpaired) electrons. The van der Waals surface area contributed by atoms with Crippen molar-refractivity contribution >= 4 is 5.91 Å². The number of hydrogen-bond donors (Lipinski definition) is 2. The zero-order valence-electron chi connectivity index (χ0n) is 8.61. The molecule has 3 heteroatoms. The van der Waals surface area contributed by atoms with Crippen LogP contribution in [0.4, 0.5) is 0 Å². The van der Waals surface area contributed by atoms with E-state index in [4.69, 9.17) is 0 Å². The third kappa shape index (κ3) is 3.09. The Hall–Kier alpha value is -0.990. The standard InChI is InChI=1S/C10H18N2O/c1-7-5-6-8(11-7)9(13)12-10(2,3)4/h8,11H,1,5-6H2,2-4H3,(H,12,13). The van der Waals surface area contributed by atoms with E-state index >= 15 is 0 Å². The first kappa shape index (κ1) is 10.1. The summed E-state index contributed by atoms with van der Waals surface area (Å²) in [6.45, 7) is 9.73. The molecule has 3 nitrogen and oxygen atoms in total. The molecule has 1 amide bonds. The highest BCUT2D eigenvalue weighted by molar-refractivity contribution is 5.83. The van der Waals surface area contributed by atoms with Gasteiger partial charge >= 0.3 is 0 Å². The third-order valence-electron chi connectivity index (χ3n) is 1.93. The second-order valence-corrected chi connectivity index (χ2v) is 4.58. The van der Waals surface area contributed by atoms with Gasteiger partial charge in [0, 0.05) is 11.2 Å². The van der Waals surface area contributed by atoms with Crippen molar-refractivity contribution in [2.75, 3.05) is 0 Å². The van der Waals surface area contributed by atoms with Crippen LogP contribution in [-0.4, -0.2) is 17.5 Å². The molecule has 1 rings (SSSR count). The lowest BCUT2D eigenvalue weighted by Gasteiger charge is -2.23. The molecule has 1 fully saturated rings. The van der Waals surface area contributed by atoms with E-state index in [0.717, 1.165) is 18.5 Å². The molecule has 1 atom stereocenters. The first-order valence-electron chi connectivity index (χ1n) is 4.65. The van der Waals surface area contributed by atoms with Crippen molar-refractivity contribution in [1.29, 1.82) is 0 Å². The molecular weight excluding hydrogens is 164 g/mol. The van der Waals surface area contributed by atoms with Crippen molar-refractivity contribution in [2.45, 2.75) is 45.2 Å². The number of nitrogens with one attached hydrogen (secondary N) is 2. The Labute approximate surface area is 79.6 Å². The van der Waals surface area contributed by atoms with Gasteiger partial charge in [0.1, 0.15) is 6.04 Å². The molecule has 0 aromatic carbocycles. The van der Waals surface area contributed by atoms with Crippen molar-refractivity contribution in [3.05, 3.63) is 12.3 Å². The molecule has 13 heavy (non-hydrogen) atoms. The molecule has 0 spiro atoms. The minimum absolute atomic E-state index is 0.0751. The van der Waals surface area contributed by atoms with Crippen LogP contribution >= 0.6 is 0 Å². The molecule has 2 N–H and O–H groups in total. The average molecular weight is 182 g/mol. The maximum atomic E-state index is 11.6. The SMILES string of the molecule is C=C1CCC(C(=O)NC(C)(C)C)N1. The quantitative estimate of drug-likeness (QED) is 0.639. The van der Waals surface area contributed by atoms with E-state index in [2.05, 4.69) is 17.2 Å². The first-order valence-corrected chi connectivity index (χ1v) is 4.65. The molecule has 0 aromatic heterocycles. The molecule has 74 valence electrons. The van der Waals surface area contributed by atoms with Crippen LogP contribution in [0.25, 0.3) is 0 Å². The van der Waals surface area contributed by atoms with Crippen LogP contribution in [-0.2, 0) is 4.79 Å². The fourth-order valence-corrected chi connectivity index (χ4v) is 1.36. The highest BCUT2D eigenvalue weighted by Crippen LogP contribution is 2.14. The van der Waals surface area contributed by atoms with Gasteiger partial charge in [-0.05, 0) is 33.6 Å². The number of hydrogen-bond acceptors (Lipinski definition) is 2. The molecule has 0 aliphatic carbocycles. The normalized spacial score (nSPS) is 22.7. The Morgan fingerprint density at radius 2 is 2.23 bits per heavy atom. The number of amides is 1. The van der Waals surface area contributed by atoms with E-state index < -0.39 is 0 Å². The minimum atomic E-state index is -0.150. The summed E-state index contributed by atoms with van der Waals surface area (Å²) < 4.78 is 0. The molecule has 0 bridgehead atoms. The average Bonchev–Trinajstić information content (AvgIpc) is 2.31. The minimum Gasteiger partial charge on any atom is -0.378 e. The van der Waals surface area contributed by atoms with Crippen LogP contribution in [0, 0.1) is 0 Å². The summed E-state index contributed by atoms with van der Waals surface area (Å²) in [5.74, 6) is 0.0751. The summed E-state index contributed by atoms with van der Waals surface area (Å²) in [5.41, 5.74) is 0.817. The topological polar surface area (TPSA) is 41.1 Å². The molecule has 1 unspecified atom stereocenters. The molecular formula is C10H18N2O.